The molecule has 0 spiro atoms. The van der Waals surface area contributed by atoms with Gasteiger partial charge in [-0.1, -0.05) is 32.9 Å². The Morgan fingerprint density at radius 2 is 1.97 bits per heavy atom. The number of carbonyl (C=O) groups is 1. The Labute approximate surface area is 189 Å². The summed E-state index contributed by atoms with van der Waals surface area (Å²) in [6, 6.07) is 4.13. The van der Waals surface area contributed by atoms with Crippen molar-refractivity contribution < 1.29 is 19.7 Å². The predicted octanol–water partition coefficient (Wildman–Crippen LogP) is 4.77. The van der Waals surface area contributed by atoms with E-state index in [1.807, 2.05) is 13.8 Å². The van der Waals surface area contributed by atoms with Crippen LogP contribution in [0.5, 0.6) is 5.75 Å². The first-order valence-electron chi connectivity index (χ1n) is 11.4. The standard InChI is InChI=1S/C26H34O4S/c1-6-21-22-18(11-19-23(22)26(19,4)5)25(31-21)20(29)8-7-16-9-14(2)24(15(3)10-16)30-13-17(28)12-27/h9-10,17,19,23,27-28H,6-8,11-13H2,1-5H3/t17-,19-,23-/m0/s1. The highest BCUT2D eigenvalue weighted by Gasteiger charge is 2.63. The topological polar surface area (TPSA) is 66.8 Å². The second kappa shape index (κ2) is 8.34. The van der Waals surface area contributed by atoms with Crippen LogP contribution in [0.2, 0.25) is 0 Å². The molecule has 0 aliphatic heterocycles. The van der Waals surface area contributed by atoms with Crippen molar-refractivity contribution >= 4 is 17.1 Å². The van der Waals surface area contributed by atoms with Gasteiger partial charge in [0.1, 0.15) is 18.5 Å². The number of carbonyl (C=O) groups excluding carboxylic acids is 1. The van der Waals surface area contributed by atoms with Crippen molar-refractivity contribution in [2.75, 3.05) is 13.2 Å². The molecule has 0 radical (unpaired) electrons. The van der Waals surface area contributed by atoms with E-state index in [2.05, 4.69) is 32.9 Å². The van der Waals surface area contributed by atoms with Gasteiger partial charge in [-0.25, -0.2) is 0 Å². The van der Waals surface area contributed by atoms with E-state index in [-0.39, 0.29) is 19.0 Å². The molecule has 4 nitrogen and oxygen atoms in total. The minimum absolute atomic E-state index is 0.0675. The fraction of sp³-hybridized carbons (Fsp3) is 0.577. The Hall–Kier alpha value is -1.69. The lowest BCUT2D eigenvalue weighted by Crippen LogP contribution is -2.21. The summed E-state index contributed by atoms with van der Waals surface area (Å²) in [4.78, 5) is 15.6. The zero-order valence-electron chi connectivity index (χ0n) is 19.2. The zero-order valence-corrected chi connectivity index (χ0v) is 20.1. The van der Waals surface area contributed by atoms with E-state index in [1.165, 1.54) is 16.0 Å². The Balaban J connectivity index is 1.45. The largest absolute Gasteiger partial charge is 0.490 e. The van der Waals surface area contributed by atoms with Crippen LogP contribution in [0.3, 0.4) is 0 Å². The van der Waals surface area contributed by atoms with Crippen molar-refractivity contribution in [3.63, 3.8) is 0 Å². The maximum Gasteiger partial charge on any atom is 0.173 e. The first-order valence-corrected chi connectivity index (χ1v) is 12.2. The molecule has 4 rings (SSSR count). The molecule has 1 aromatic carbocycles. The average Bonchev–Trinajstić information content (AvgIpc) is 3.06. The van der Waals surface area contributed by atoms with Crippen LogP contribution in [0.15, 0.2) is 12.1 Å². The zero-order chi connectivity index (χ0) is 22.5. The Bertz CT molecular complexity index is 980. The lowest BCUT2D eigenvalue weighted by Gasteiger charge is -2.16. The first-order chi connectivity index (χ1) is 14.7. The van der Waals surface area contributed by atoms with Crippen molar-refractivity contribution in [1.29, 1.82) is 0 Å². The highest BCUT2D eigenvalue weighted by Crippen LogP contribution is 2.71. The van der Waals surface area contributed by atoms with Crippen molar-refractivity contribution in [2.24, 2.45) is 11.3 Å². The summed E-state index contributed by atoms with van der Waals surface area (Å²) in [7, 11) is 0. The molecule has 168 valence electrons. The summed E-state index contributed by atoms with van der Waals surface area (Å²) >= 11 is 1.74. The van der Waals surface area contributed by atoms with Gasteiger partial charge in [0.2, 0.25) is 0 Å². The van der Waals surface area contributed by atoms with Gasteiger partial charge in [0.15, 0.2) is 5.78 Å². The molecule has 0 saturated heterocycles. The molecule has 2 N–H and O–H groups in total. The van der Waals surface area contributed by atoms with Crippen molar-refractivity contribution in [1.82, 2.24) is 0 Å². The van der Waals surface area contributed by atoms with Gasteiger partial charge in [0.05, 0.1) is 11.5 Å². The Morgan fingerprint density at radius 1 is 1.29 bits per heavy atom. The Morgan fingerprint density at radius 3 is 2.58 bits per heavy atom. The summed E-state index contributed by atoms with van der Waals surface area (Å²) in [5.41, 5.74) is 6.39. The van der Waals surface area contributed by atoms with Crippen LogP contribution in [-0.2, 0) is 19.3 Å². The molecule has 1 saturated carbocycles. The second-order valence-corrected chi connectivity index (χ2v) is 10.9. The highest BCUT2D eigenvalue weighted by molar-refractivity contribution is 7.14. The maximum atomic E-state index is 13.2. The number of fused-ring (bicyclic) bond motifs is 3. The smallest absolute Gasteiger partial charge is 0.173 e. The predicted molar refractivity (Wildman–Crippen MR) is 125 cm³/mol. The average molecular weight is 443 g/mol. The third-order valence-electron chi connectivity index (χ3n) is 7.28. The van der Waals surface area contributed by atoms with Crippen LogP contribution in [0.1, 0.15) is 75.5 Å². The summed E-state index contributed by atoms with van der Waals surface area (Å²) in [5.74, 6) is 2.41. The Kier molecular flexibility index (Phi) is 6.06. The van der Waals surface area contributed by atoms with Gasteiger partial charge in [0, 0.05) is 11.3 Å². The van der Waals surface area contributed by atoms with Gasteiger partial charge in [-0.2, -0.15) is 0 Å². The molecule has 1 fully saturated rings. The summed E-state index contributed by atoms with van der Waals surface area (Å²) < 4.78 is 5.69. The second-order valence-electron chi connectivity index (χ2n) is 9.84. The fourth-order valence-corrected chi connectivity index (χ4v) is 6.80. The molecular formula is C26H34O4S. The number of Topliss-reactive ketones (excluding diaryl/α,β-unsaturated/α-hetero) is 1. The first kappa shape index (κ1) is 22.5. The molecule has 2 aliphatic carbocycles. The number of thiophene rings is 1. The minimum Gasteiger partial charge on any atom is -0.490 e. The molecule has 2 aliphatic rings. The van der Waals surface area contributed by atoms with Crippen molar-refractivity contribution in [3.05, 3.63) is 49.7 Å². The van der Waals surface area contributed by atoms with E-state index in [4.69, 9.17) is 9.84 Å². The van der Waals surface area contributed by atoms with E-state index in [9.17, 15) is 9.90 Å². The lowest BCUT2D eigenvalue weighted by atomic mass is 9.93. The molecule has 3 atom stereocenters. The SMILES string of the molecule is CCc1sc(C(=O)CCc2cc(C)c(OC[C@@H](O)CO)c(C)c2)c2c1[C@@H]1[C@H](C2)C1(C)C. The third-order valence-corrected chi connectivity index (χ3v) is 8.71. The minimum atomic E-state index is -0.881. The normalized spacial score (nSPS) is 21.5. The van der Waals surface area contributed by atoms with Crippen molar-refractivity contribution in [2.45, 2.75) is 72.3 Å². The van der Waals surface area contributed by atoms with E-state index in [0.717, 1.165) is 46.1 Å². The molecule has 0 bridgehead atoms. The van der Waals surface area contributed by atoms with Crippen LogP contribution in [0.4, 0.5) is 0 Å². The van der Waals surface area contributed by atoms with Gasteiger partial charge in [0.25, 0.3) is 0 Å². The number of benzene rings is 1. The molecule has 5 heteroatoms. The van der Waals surface area contributed by atoms with Crippen LogP contribution >= 0.6 is 11.3 Å². The molecule has 31 heavy (non-hydrogen) atoms. The van der Waals surface area contributed by atoms with E-state index in [0.29, 0.717) is 24.2 Å². The number of ketones is 1. The lowest BCUT2D eigenvalue weighted by molar-refractivity contribution is 0.0531. The molecule has 0 unspecified atom stereocenters. The summed E-state index contributed by atoms with van der Waals surface area (Å²) in [5, 5.41) is 18.5. The maximum absolute atomic E-state index is 13.2. The van der Waals surface area contributed by atoms with Gasteiger partial charge in [-0.15, -0.1) is 11.3 Å². The number of ether oxygens (including phenoxy) is 1. The quantitative estimate of drug-likeness (QED) is 0.549. The van der Waals surface area contributed by atoms with Gasteiger partial charge < -0.3 is 14.9 Å². The molecule has 2 aromatic rings. The number of hydrogen-bond acceptors (Lipinski definition) is 5. The van der Waals surface area contributed by atoms with Crippen LogP contribution in [0, 0.1) is 25.2 Å². The molecule has 1 heterocycles. The number of aryl methyl sites for hydroxylation is 4. The monoisotopic (exact) mass is 442 g/mol. The van der Waals surface area contributed by atoms with Crippen molar-refractivity contribution in [3.8, 4) is 5.75 Å². The molecule has 1 aromatic heterocycles. The number of aliphatic hydroxyl groups excluding tert-OH is 2. The van der Waals surface area contributed by atoms with E-state index < -0.39 is 6.10 Å². The van der Waals surface area contributed by atoms with E-state index in [1.54, 1.807) is 11.3 Å². The summed E-state index contributed by atoms with van der Waals surface area (Å²) in [6.07, 6.45) is 2.45. The highest BCUT2D eigenvalue weighted by atomic mass is 32.1. The van der Waals surface area contributed by atoms with Gasteiger partial charge in [-0.3, -0.25) is 4.79 Å². The van der Waals surface area contributed by atoms with Gasteiger partial charge in [-0.05, 0) is 78.2 Å². The van der Waals surface area contributed by atoms with Crippen LogP contribution < -0.4 is 4.74 Å². The van der Waals surface area contributed by atoms with Crippen LogP contribution in [-0.4, -0.2) is 35.3 Å². The van der Waals surface area contributed by atoms with Crippen LogP contribution in [0.25, 0.3) is 0 Å². The van der Waals surface area contributed by atoms with Gasteiger partial charge >= 0.3 is 0 Å². The molecular weight excluding hydrogens is 408 g/mol. The third kappa shape index (κ3) is 3.96. The fourth-order valence-electron chi connectivity index (χ4n) is 5.52. The number of hydrogen-bond donors (Lipinski definition) is 2. The van der Waals surface area contributed by atoms with E-state index >= 15 is 0 Å². The summed E-state index contributed by atoms with van der Waals surface area (Å²) in [6.45, 7) is 10.7. The number of rotatable bonds is 9. The molecule has 0 amide bonds. The number of aliphatic hydroxyl groups is 2.